The molecule has 3 rings (SSSR count). The van der Waals surface area contributed by atoms with E-state index in [2.05, 4.69) is 24.6 Å². The molecule has 0 amide bonds. The number of nitrogens with zero attached hydrogens (tertiary/aromatic N) is 2. The summed E-state index contributed by atoms with van der Waals surface area (Å²) in [7, 11) is -1.32. The van der Waals surface area contributed by atoms with Gasteiger partial charge in [-0.1, -0.05) is 43.9 Å². The molecule has 0 aliphatic rings. The molecule has 3 aromatic rings. The Labute approximate surface area is 223 Å². The number of fused-ring (bicyclic) bond motifs is 1. The van der Waals surface area contributed by atoms with Gasteiger partial charge in [0.1, 0.15) is 6.73 Å². The fourth-order valence-corrected chi connectivity index (χ4v) is 4.45. The van der Waals surface area contributed by atoms with Gasteiger partial charge in [-0.3, -0.25) is 9.36 Å². The number of aromatic nitrogens is 2. The maximum Gasteiger partial charge on any atom is 0.374 e. The number of hydrogen-bond donors (Lipinski definition) is 0. The number of benzene rings is 2. The Hall–Kier alpha value is -3.34. The van der Waals surface area contributed by atoms with E-state index in [1.807, 2.05) is 0 Å². The molecule has 0 fully saturated rings. The Bertz CT molecular complexity index is 1310. The first-order valence-electron chi connectivity index (χ1n) is 12.8. The largest absolute Gasteiger partial charge is 0.462 e. The smallest absolute Gasteiger partial charge is 0.374 e. The van der Waals surface area contributed by atoms with Crippen molar-refractivity contribution in [2.24, 2.45) is 0 Å². The molecule has 0 aliphatic carbocycles. The van der Waals surface area contributed by atoms with Crippen molar-refractivity contribution >= 4 is 30.9 Å². The van der Waals surface area contributed by atoms with Crippen LogP contribution in [-0.4, -0.2) is 49.4 Å². The van der Waals surface area contributed by atoms with Crippen molar-refractivity contribution in [3.8, 4) is 0 Å². The first-order valence-corrected chi connectivity index (χ1v) is 16.5. The quantitative estimate of drug-likeness (QED) is 0.173. The average molecular weight is 541 g/mol. The van der Waals surface area contributed by atoms with Crippen molar-refractivity contribution in [2.45, 2.75) is 59.5 Å². The maximum absolute atomic E-state index is 13.6. The lowest BCUT2D eigenvalue weighted by Gasteiger charge is -2.17. The Morgan fingerprint density at radius 3 is 2.24 bits per heavy atom. The number of carbonyl (C=O) groups is 2. The fourth-order valence-electron chi connectivity index (χ4n) is 3.69. The molecular formula is C28H36N2O7Si. The third kappa shape index (κ3) is 7.83. The average Bonchev–Trinajstić information content (AvgIpc) is 2.87. The minimum Gasteiger partial charge on any atom is -0.462 e. The molecule has 0 atom stereocenters. The van der Waals surface area contributed by atoms with Crippen LogP contribution in [0.4, 0.5) is 0 Å². The first kappa shape index (κ1) is 29.2. The van der Waals surface area contributed by atoms with Crippen LogP contribution in [0.5, 0.6) is 0 Å². The van der Waals surface area contributed by atoms with Crippen LogP contribution in [-0.2, 0) is 38.9 Å². The van der Waals surface area contributed by atoms with Crippen LogP contribution in [0.25, 0.3) is 10.9 Å². The zero-order valence-electron chi connectivity index (χ0n) is 22.7. The van der Waals surface area contributed by atoms with Gasteiger partial charge in [-0.15, -0.1) is 0 Å². The highest BCUT2D eigenvalue weighted by Gasteiger charge is 2.21. The molecule has 0 saturated carbocycles. The summed E-state index contributed by atoms with van der Waals surface area (Å²) < 4.78 is 23.1. The number of ether oxygens (including phenoxy) is 4. The van der Waals surface area contributed by atoms with Crippen molar-refractivity contribution in [1.82, 2.24) is 9.55 Å². The second-order valence-electron chi connectivity index (χ2n) is 9.96. The Morgan fingerprint density at radius 1 is 0.895 bits per heavy atom. The standard InChI is InChI=1S/C28H36N2O7Si/c1-6-36-27(32)21-13-11-20(12-14-21)17-35-18-22-9-8-10-23-24(22)26(31)30(19-34-15-16-38(3,4)5)25(29-23)28(33)37-7-2/h8-14H,6-7,15-19H2,1-5H3. The van der Waals surface area contributed by atoms with Crippen LogP contribution in [0.2, 0.25) is 25.7 Å². The third-order valence-corrected chi connectivity index (χ3v) is 7.44. The Morgan fingerprint density at radius 2 is 1.58 bits per heavy atom. The van der Waals surface area contributed by atoms with Gasteiger partial charge >= 0.3 is 11.9 Å². The molecule has 10 heteroatoms. The zero-order chi connectivity index (χ0) is 27.7. The zero-order valence-corrected chi connectivity index (χ0v) is 23.7. The van der Waals surface area contributed by atoms with E-state index in [9.17, 15) is 14.4 Å². The normalized spacial score (nSPS) is 11.5. The van der Waals surface area contributed by atoms with Crippen molar-refractivity contribution in [3.05, 3.63) is 75.3 Å². The summed E-state index contributed by atoms with van der Waals surface area (Å²) in [5, 5.41) is 0.368. The molecule has 0 saturated heterocycles. The molecule has 0 spiro atoms. The van der Waals surface area contributed by atoms with Gasteiger partial charge < -0.3 is 18.9 Å². The van der Waals surface area contributed by atoms with E-state index < -0.39 is 14.0 Å². The summed E-state index contributed by atoms with van der Waals surface area (Å²) in [5.74, 6) is -1.13. The SMILES string of the molecule is CCOC(=O)c1ccc(COCc2cccc3nc(C(=O)OCC)n(COCC[Si](C)(C)C)c(=O)c23)cc1. The molecule has 0 radical (unpaired) electrons. The van der Waals surface area contributed by atoms with Gasteiger partial charge in [0.05, 0.1) is 42.9 Å². The van der Waals surface area contributed by atoms with Gasteiger partial charge in [-0.25, -0.2) is 14.6 Å². The number of hydrogen-bond acceptors (Lipinski definition) is 8. The van der Waals surface area contributed by atoms with E-state index in [1.165, 1.54) is 4.57 Å². The highest BCUT2D eigenvalue weighted by Crippen LogP contribution is 2.17. The van der Waals surface area contributed by atoms with E-state index in [-0.39, 0.29) is 43.9 Å². The minimum atomic E-state index is -1.32. The molecule has 38 heavy (non-hydrogen) atoms. The Balaban J connectivity index is 1.82. The fraction of sp³-hybridized carbons (Fsp3) is 0.429. The summed E-state index contributed by atoms with van der Waals surface area (Å²) in [6.07, 6.45) is 0. The highest BCUT2D eigenvalue weighted by atomic mass is 28.3. The molecular weight excluding hydrogens is 504 g/mol. The van der Waals surface area contributed by atoms with Crippen LogP contribution in [0.15, 0.2) is 47.3 Å². The summed E-state index contributed by atoms with van der Waals surface area (Å²) in [6, 6.07) is 13.2. The molecule has 0 unspecified atom stereocenters. The van der Waals surface area contributed by atoms with Gasteiger partial charge in [0, 0.05) is 14.7 Å². The molecule has 1 heterocycles. The molecule has 2 aromatic carbocycles. The molecule has 0 bridgehead atoms. The Kier molecular flexibility index (Phi) is 10.3. The van der Waals surface area contributed by atoms with Gasteiger partial charge in [-0.05, 0) is 49.2 Å². The highest BCUT2D eigenvalue weighted by molar-refractivity contribution is 6.76. The van der Waals surface area contributed by atoms with Crippen molar-refractivity contribution in [2.75, 3.05) is 19.8 Å². The van der Waals surface area contributed by atoms with Gasteiger partial charge in [0.25, 0.3) is 5.56 Å². The lowest BCUT2D eigenvalue weighted by atomic mass is 10.1. The van der Waals surface area contributed by atoms with E-state index >= 15 is 0 Å². The first-order chi connectivity index (χ1) is 18.1. The lowest BCUT2D eigenvalue weighted by molar-refractivity contribution is 0.0453. The van der Waals surface area contributed by atoms with Crippen LogP contribution in [0, 0.1) is 0 Å². The number of esters is 2. The van der Waals surface area contributed by atoms with E-state index in [4.69, 9.17) is 18.9 Å². The van der Waals surface area contributed by atoms with Crippen molar-refractivity contribution in [3.63, 3.8) is 0 Å². The van der Waals surface area contributed by atoms with Crippen LogP contribution in [0.1, 0.15) is 46.0 Å². The van der Waals surface area contributed by atoms with Crippen molar-refractivity contribution < 1.29 is 28.5 Å². The van der Waals surface area contributed by atoms with E-state index in [0.29, 0.717) is 35.2 Å². The second kappa shape index (κ2) is 13.5. The minimum absolute atomic E-state index is 0.0860. The number of rotatable bonds is 13. The monoisotopic (exact) mass is 540 g/mol. The third-order valence-electron chi connectivity index (χ3n) is 5.74. The molecule has 0 N–H and O–H groups in total. The predicted octanol–water partition coefficient (Wildman–Crippen LogP) is 4.78. The molecule has 0 aliphatic heterocycles. The van der Waals surface area contributed by atoms with Gasteiger partial charge in [0.15, 0.2) is 0 Å². The van der Waals surface area contributed by atoms with E-state index in [0.717, 1.165) is 11.6 Å². The summed E-state index contributed by atoms with van der Waals surface area (Å²) >= 11 is 0. The number of carbonyl (C=O) groups excluding carboxylic acids is 2. The predicted molar refractivity (Wildman–Crippen MR) is 147 cm³/mol. The van der Waals surface area contributed by atoms with Crippen molar-refractivity contribution in [1.29, 1.82) is 0 Å². The molecule has 1 aromatic heterocycles. The van der Waals surface area contributed by atoms with Crippen LogP contribution in [0.3, 0.4) is 0 Å². The molecule has 204 valence electrons. The molecule has 9 nitrogen and oxygen atoms in total. The van der Waals surface area contributed by atoms with Crippen LogP contribution >= 0.6 is 0 Å². The summed E-state index contributed by atoms with van der Waals surface area (Å²) in [4.78, 5) is 42.5. The van der Waals surface area contributed by atoms with E-state index in [1.54, 1.807) is 56.3 Å². The van der Waals surface area contributed by atoms with Gasteiger partial charge in [-0.2, -0.15) is 0 Å². The second-order valence-corrected chi connectivity index (χ2v) is 15.6. The topological polar surface area (TPSA) is 106 Å². The van der Waals surface area contributed by atoms with Gasteiger partial charge in [0.2, 0.25) is 5.82 Å². The summed E-state index contributed by atoms with van der Waals surface area (Å²) in [5.41, 5.74) is 1.99. The lowest BCUT2D eigenvalue weighted by Crippen LogP contribution is -2.31. The summed E-state index contributed by atoms with van der Waals surface area (Å²) in [6.45, 7) is 11.5. The maximum atomic E-state index is 13.6. The van der Waals surface area contributed by atoms with Crippen LogP contribution < -0.4 is 5.56 Å².